The van der Waals surface area contributed by atoms with E-state index >= 15 is 0 Å². The molecule has 0 aromatic carbocycles. The average Bonchev–Trinajstić information content (AvgIpc) is 2.14. The van der Waals surface area contributed by atoms with Gasteiger partial charge in [-0.1, -0.05) is 0 Å². The lowest BCUT2D eigenvalue weighted by Gasteiger charge is -2.14. The summed E-state index contributed by atoms with van der Waals surface area (Å²) in [5.41, 5.74) is 0. The molecule has 2 unspecified atom stereocenters. The first-order valence-electron chi connectivity index (χ1n) is 4.20. The first-order valence-corrected chi connectivity index (χ1v) is 5.14. The highest BCUT2D eigenvalue weighted by Crippen LogP contribution is 2.21. The van der Waals surface area contributed by atoms with E-state index in [-0.39, 0.29) is 5.91 Å². The summed E-state index contributed by atoms with van der Waals surface area (Å²) in [5.74, 6) is -2.74. The Morgan fingerprint density at radius 1 is 1.33 bits per heavy atom. The first-order chi connectivity index (χ1) is 6.88. The van der Waals surface area contributed by atoms with Gasteiger partial charge in [-0.25, -0.2) is 0 Å². The van der Waals surface area contributed by atoms with Crippen LogP contribution in [0.15, 0.2) is 0 Å². The number of amides is 1. The van der Waals surface area contributed by atoms with Crippen molar-refractivity contribution < 1.29 is 24.6 Å². The van der Waals surface area contributed by atoms with Crippen LogP contribution in [0.4, 0.5) is 0 Å². The predicted octanol–water partition coefficient (Wildman–Crippen LogP) is -0.218. The highest BCUT2D eigenvalue weighted by Gasteiger charge is 2.26. The molecule has 0 aliphatic heterocycles. The van der Waals surface area contributed by atoms with E-state index in [1.807, 2.05) is 0 Å². The zero-order valence-electron chi connectivity index (χ0n) is 8.39. The Hall–Kier alpha value is -1.24. The summed E-state index contributed by atoms with van der Waals surface area (Å²) in [6, 6.07) is 0. The van der Waals surface area contributed by atoms with Gasteiger partial charge in [0.15, 0.2) is 0 Å². The number of carbonyl (C=O) groups is 3. The quantitative estimate of drug-likeness (QED) is 0.588. The number of nitrogens with one attached hydrogen (secondary N) is 1. The Labute approximate surface area is 91.0 Å². The van der Waals surface area contributed by atoms with Crippen molar-refractivity contribution in [3.63, 3.8) is 0 Å². The van der Waals surface area contributed by atoms with Gasteiger partial charge in [-0.3, -0.25) is 14.4 Å². The monoisotopic (exact) mass is 235 g/mol. The molecule has 0 saturated heterocycles. The summed E-state index contributed by atoms with van der Waals surface area (Å²) in [7, 11) is 1.44. The maximum absolute atomic E-state index is 11.1. The minimum Gasteiger partial charge on any atom is -0.481 e. The van der Waals surface area contributed by atoms with E-state index in [9.17, 15) is 14.4 Å². The highest BCUT2D eigenvalue weighted by atomic mass is 32.2. The van der Waals surface area contributed by atoms with Crippen LogP contribution >= 0.6 is 11.8 Å². The van der Waals surface area contributed by atoms with Gasteiger partial charge in [0.1, 0.15) is 5.25 Å². The van der Waals surface area contributed by atoms with Crippen molar-refractivity contribution in [1.29, 1.82) is 0 Å². The topological polar surface area (TPSA) is 104 Å². The van der Waals surface area contributed by atoms with Crippen LogP contribution < -0.4 is 5.32 Å². The van der Waals surface area contributed by atoms with Gasteiger partial charge in [0.2, 0.25) is 5.91 Å². The second-order valence-electron chi connectivity index (χ2n) is 2.82. The molecule has 86 valence electrons. The second-order valence-corrected chi connectivity index (χ2v) is 4.37. The summed E-state index contributed by atoms with van der Waals surface area (Å²) in [6.07, 6.45) is -0.499. The normalized spacial score (nSPS) is 14.0. The van der Waals surface area contributed by atoms with Gasteiger partial charge in [0, 0.05) is 7.05 Å². The molecule has 2 atom stereocenters. The number of rotatable bonds is 6. The van der Waals surface area contributed by atoms with Crippen LogP contribution in [0.25, 0.3) is 0 Å². The van der Waals surface area contributed by atoms with E-state index in [0.29, 0.717) is 0 Å². The van der Waals surface area contributed by atoms with Gasteiger partial charge >= 0.3 is 11.9 Å². The van der Waals surface area contributed by atoms with Crippen LogP contribution in [0, 0.1) is 0 Å². The van der Waals surface area contributed by atoms with Crippen molar-refractivity contribution in [2.45, 2.75) is 23.8 Å². The van der Waals surface area contributed by atoms with Crippen molar-refractivity contribution >= 4 is 29.6 Å². The van der Waals surface area contributed by atoms with Crippen LogP contribution in [0.2, 0.25) is 0 Å². The Morgan fingerprint density at radius 2 is 1.87 bits per heavy atom. The number of hydrogen-bond acceptors (Lipinski definition) is 4. The fraction of sp³-hybridized carbons (Fsp3) is 0.625. The molecule has 0 aromatic rings. The molecule has 0 aliphatic carbocycles. The van der Waals surface area contributed by atoms with Crippen LogP contribution in [0.5, 0.6) is 0 Å². The van der Waals surface area contributed by atoms with Crippen molar-refractivity contribution in [2.75, 3.05) is 7.05 Å². The van der Waals surface area contributed by atoms with Gasteiger partial charge in [-0.05, 0) is 6.92 Å². The zero-order valence-corrected chi connectivity index (χ0v) is 9.21. The molecule has 0 aliphatic rings. The van der Waals surface area contributed by atoms with E-state index in [2.05, 4.69) is 5.32 Å². The van der Waals surface area contributed by atoms with Gasteiger partial charge in [0.25, 0.3) is 0 Å². The highest BCUT2D eigenvalue weighted by molar-refractivity contribution is 8.01. The molecule has 0 rings (SSSR count). The number of carbonyl (C=O) groups excluding carboxylic acids is 1. The number of carboxylic acids is 2. The van der Waals surface area contributed by atoms with E-state index in [1.165, 1.54) is 14.0 Å². The van der Waals surface area contributed by atoms with Crippen molar-refractivity contribution in [3.8, 4) is 0 Å². The number of carboxylic acid groups (broad SMARTS) is 2. The van der Waals surface area contributed by atoms with E-state index < -0.39 is 28.9 Å². The molecule has 0 saturated carbocycles. The van der Waals surface area contributed by atoms with Crippen LogP contribution in [0.3, 0.4) is 0 Å². The third-order valence-corrected chi connectivity index (χ3v) is 2.94. The molecule has 3 N–H and O–H groups in total. The van der Waals surface area contributed by atoms with E-state index in [0.717, 1.165) is 11.8 Å². The number of aliphatic carboxylic acids is 2. The summed E-state index contributed by atoms with van der Waals surface area (Å²) in [4.78, 5) is 32.1. The van der Waals surface area contributed by atoms with Crippen LogP contribution in [-0.4, -0.2) is 45.6 Å². The molecule has 0 fully saturated rings. The smallest absolute Gasteiger partial charge is 0.317 e. The number of hydrogen-bond donors (Lipinski definition) is 3. The van der Waals surface area contributed by atoms with Crippen LogP contribution in [-0.2, 0) is 14.4 Å². The van der Waals surface area contributed by atoms with Crippen molar-refractivity contribution in [1.82, 2.24) is 5.32 Å². The molecule has 15 heavy (non-hydrogen) atoms. The average molecular weight is 235 g/mol. The molecular weight excluding hydrogens is 222 g/mol. The zero-order chi connectivity index (χ0) is 12.0. The summed E-state index contributed by atoms with van der Waals surface area (Å²) in [6.45, 7) is 1.53. The Balaban J connectivity index is 4.34. The van der Waals surface area contributed by atoms with Crippen LogP contribution in [0.1, 0.15) is 13.3 Å². The Morgan fingerprint density at radius 3 is 2.20 bits per heavy atom. The van der Waals surface area contributed by atoms with E-state index in [1.54, 1.807) is 0 Å². The van der Waals surface area contributed by atoms with E-state index in [4.69, 9.17) is 10.2 Å². The summed E-state index contributed by atoms with van der Waals surface area (Å²) in [5, 5.41) is 17.8. The van der Waals surface area contributed by atoms with Gasteiger partial charge in [-0.2, -0.15) is 0 Å². The van der Waals surface area contributed by atoms with Crippen molar-refractivity contribution in [2.24, 2.45) is 0 Å². The Bertz CT molecular complexity index is 268. The Kier molecular flexibility index (Phi) is 5.76. The van der Waals surface area contributed by atoms with Gasteiger partial charge in [0.05, 0.1) is 11.7 Å². The number of thioether (sulfide) groups is 1. The summed E-state index contributed by atoms with van der Waals surface area (Å²) >= 11 is 0.821. The standard InChI is InChI=1S/C8H13NO5S/c1-4(7(12)9-2)15-5(8(13)14)3-6(10)11/h4-5H,3H2,1-2H3,(H,9,12)(H,10,11)(H,13,14). The molecule has 0 spiro atoms. The third-order valence-electron chi connectivity index (χ3n) is 1.62. The lowest BCUT2D eigenvalue weighted by Crippen LogP contribution is -2.31. The molecular formula is C8H13NO5S. The lowest BCUT2D eigenvalue weighted by molar-refractivity contribution is -0.143. The minimum atomic E-state index is -1.22. The summed E-state index contributed by atoms with van der Waals surface area (Å²) < 4.78 is 0. The predicted molar refractivity (Wildman–Crippen MR) is 54.8 cm³/mol. The van der Waals surface area contributed by atoms with Crippen molar-refractivity contribution in [3.05, 3.63) is 0 Å². The molecule has 0 bridgehead atoms. The maximum Gasteiger partial charge on any atom is 0.317 e. The molecule has 0 radical (unpaired) electrons. The molecule has 1 amide bonds. The SMILES string of the molecule is CNC(=O)C(C)SC(CC(=O)O)C(=O)O. The fourth-order valence-corrected chi connectivity index (χ4v) is 1.95. The molecule has 7 heteroatoms. The maximum atomic E-state index is 11.1. The largest absolute Gasteiger partial charge is 0.481 e. The lowest BCUT2D eigenvalue weighted by atomic mass is 10.3. The third kappa shape index (κ3) is 5.26. The second kappa shape index (κ2) is 6.28. The first kappa shape index (κ1) is 13.8. The molecule has 6 nitrogen and oxygen atoms in total. The molecule has 0 aromatic heterocycles. The molecule has 0 heterocycles. The van der Waals surface area contributed by atoms with Gasteiger partial charge < -0.3 is 15.5 Å². The fourth-order valence-electron chi connectivity index (χ4n) is 0.864. The van der Waals surface area contributed by atoms with Gasteiger partial charge in [-0.15, -0.1) is 11.8 Å². The minimum absolute atomic E-state index is 0.323.